The number of rotatable bonds is 4. The Hall–Kier alpha value is -3.47. The number of aryl methyl sites for hydroxylation is 2. The number of amides is 2. The van der Waals surface area contributed by atoms with Crippen LogP contribution in [0.2, 0.25) is 0 Å². The Morgan fingerprint density at radius 3 is 2.79 bits per heavy atom. The molecule has 0 radical (unpaired) electrons. The van der Waals surface area contributed by atoms with Crippen LogP contribution in [0.3, 0.4) is 0 Å². The number of hydrogen-bond donors (Lipinski definition) is 1. The third kappa shape index (κ3) is 4.77. The molecule has 208 valence electrons. The molecule has 1 N–H and O–H groups in total. The van der Waals surface area contributed by atoms with Gasteiger partial charge in [0.15, 0.2) is 5.82 Å². The lowest BCUT2D eigenvalue weighted by atomic mass is 9.92. The fourth-order valence-corrected chi connectivity index (χ4v) is 6.27. The van der Waals surface area contributed by atoms with Gasteiger partial charge in [0.1, 0.15) is 0 Å². The molecule has 0 saturated carbocycles. The Morgan fingerprint density at radius 2 is 2.03 bits per heavy atom. The van der Waals surface area contributed by atoms with E-state index in [1.165, 1.54) is 0 Å². The Labute approximate surface area is 226 Å². The predicted molar refractivity (Wildman–Crippen MR) is 143 cm³/mol. The highest BCUT2D eigenvalue weighted by Gasteiger charge is 2.34. The largest absolute Gasteiger partial charge is 0.381 e. The minimum Gasteiger partial charge on any atom is -0.381 e. The maximum absolute atomic E-state index is 14.4. The summed E-state index contributed by atoms with van der Waals surface area (Å²) >= 11 is 0. The molecule has 1 saturated heterocycles. The van der Waals surface area contributed by atoms with E-state index in [9.17, 15) is 13.6 Å². The zero-order chi connectivity index (χ0) is 27.1. The van der Waals surface area contributed by atoms with Crippen molar-refractivity contribution in [3.05, 3.63) is 46.9 Å². The summed E-state index contributed by atoms with van der Waals surface area (Å²) in [6, 6.07) is 3.65. The van der Waals surface area contributed by atoms with Crippen LogP contribution in [0.25, 0.3) is 11.1 Å². The van der Waals surface area contributed by atoms with E-state index in [0.29, 0.717) is 43.8 Å². The van der Waals surface area contributed by atoms with Gasteiger partial charge in [-0.1, -0.05) is 0 Å². The molecule has 6 rings (SSSR count). The number of urea groups is 1. The number of fused-ring (bicyclic) bond motifs is 2. The van der Waals surface area contributed by atoms with E-state index in [-0.39, 0.29) is 17.6 Å². The van der Waals surface area contributed by atoms with E-state index >= 15 is 0 Å². The van der Waals surface area contributed by atoms with E-state index in [4.69, 9.17) is 9.84 Å². The van der Waals surface area contributed by atoms with Gasteiger partial charge in [0.25, 0.3) is 6.43 Å². The molecule has 3 aromatic rings. The fourth-order valence-electron chi connectivity index (χ4n) is 6.27. The molecule has 1 atom stereocenters. The molecule has 2 aromatic heterocycles. The van der Waals surface area contributed by atoms with Crippen LogP contribution in [0.4, 0.5) is 25.1 Å². The number of nitrogens with zero attached hydrogens (tertiary/aromatic N) is 6. The van der Waals surface area contributed by atoms with Gasteiger partial charge < -0.3 is 19.9 Å². The number of alkyl halides is 2. The number of carbonyl (C=O) groups excluding carboxylic acids is 1. The quantitative estimate of drug-likeness (QED) is 0.518. The molecule has 1 unspecified atom stereocenters. The number of nitrogens with one attached hydrogen (secondary N) is 1. The zero-order valence-electron chi connectivity index (χ0n) is 22.5. The van der Waals surface area contributed by atoms with Crippen LogP contribution in [-0.2, 0) is 31.2 Å². The van der Waals surface area contributed by atoms with Crippen molar-refractivity contribution in [2.75, 3.05) is 38.3 Å². The number of anilines is 2. The smallest absolute Gasteiger partial charge is 0.317 e. The minimum atomic E-state index is -2.63. The molecule has 1 fully saturated rings. The lowest BCUT2D eigenvalue weighted by Gasteiger charge is -2.33. The van der Waals surface area contributed by atoms with Gasteiger partial charge in [-0.3, -0.25) is 9.36 Å². The van der Waals surface area contributed by atoms with Gasteiger partial charge in [0, 0.05) is 81.1 Å². The van der Waals surface area contributed by atoms with Crippen molar-refractivity contribution in [1.29, 1.82) is 0 Å². The van der Waals surface area contributed by atoms with Crippen LogP contribution < -0.4 is 10.2 Å². The molecular formula is C28H35F2N7O2. The van der Waals surface area contributed by atoms with E-state index in [1.54, 1.807) is 42.1 Å². The first-order chi connectivity index (χ1) is 18.9. The molecule has 5 heterocycles. The van der Waals surface area contributed by atoms with Crippen LogP contribution >= 0.6 is 0 Å². The van der Waals surface area contributed by atoms with Crippen molar-refractivity contribution in [1.82, 2.24) is 29.8 Å². The maximum Gasteiger partial charge on any atom is 0.317 e. The van der Waals surface area contributed by atoms with Gasteiger partial charge >= 0.3 is 6.03 Å². The summed E-state index contributed by atoms with van der Waals surface area (Å²) in [6.45, 7) is 3.18. The van der Waals surface area contributed by atoms with E-state index in [1.807, 2.05) is 6.07 Å². The highest BCUT2D eigenvalue weighted by Crippen LogP contribution is 2.43. The zero-order valence-corrected chi connectivity index (χ0v) is 22.5. The highest BCUT2D eigenvalue weighted by molar-refractivity contribution is 5.78. The van der Waals surface area contributed by atoms with Crippen molar-refractivity contribution < 1.29 is 18.3 Å². The van der Waals surface area contributed by atoms with Gasteiger partial charge in [-0.15, -0.1) is 0 Å². The minimum absolute atomic E-state index is 0.00476. The Morgan fingerprint density at radius 1 is 1.15 bits per heavy atom. The summed E-state index contributed by atoms with van der Waals surface area (Å²) in [7, 11) is 3.42. The lowest BCUT2D eigenvalue weighted by Crippen LogP contribution is -2.42. The monoisotopic (exact) mass is 539 g/mol. The molecular weight excluding hydrogens is 504 g/mol. The second-order valence-electron chi connectivity index (χ2n) is 10.6. The van der Waals surface area contributed by atoms with Gasteiger partial charge in [-0.2, -0.15) is 10.2 Å². The summed E-state index contributed by atoms with van der Waals surface area (Å²) in [6.07, 6.45) is 6.00. The van der Waals surface area contributed by atoms with E-state index in [0.717, 1.165) is 67.0 Å². The molecule has 2 amide bonds. The molecule has 0 aliphatic carbocycles. The third-order valence-corrected chi connectivity index (χ3v) is 8.21. The Kier molecular flexibility index (Phi) is 7.01. The normalized spacial score (nSPS) is 19.6. The van der Waals surface area contributed by atoms with Crippen molar-refractivity contribution >= 4 is 17.5 Å². The summed E-state index contributed by atoms with van der Waals surface area (Å²) in [5.41, 5.74) is 5.16. The van der Waals surface area contributed by atoms with Crippen LogP contribution in [0, 0.1) is 0 Å². The average molecular weight is 540 g/mol. The standard InChI is InChI=1S/C28H35F2N7O2/c1-31-28(38)35-10-7-24-23(17-35)27(33-37(24)20-6-4-11-39-12-8-20)36-9-3-5-18-13-21(19-15-32-34(2)16-19)22(26(29)30)14-25(18)36/h13-16,20,26H,3-12,17H2,1-2H3,(H,31,38). The number of carbonyl (C=O) groups is 1. The van der Waals surface area contributed by atoms with Gasteiger partial charge in [-0.05, 0) is 55.4 Å². The van der Waals surface area contributed by atoms with Crippen LogP contribution in [-0.4, -0.2) is 63.8 Å². The lowest BCUT2D eigenvalue weighted by molar-refractivity contribution is 0.141. The van der Waals surface area contributed by atoms with Crippen molar-refractivity contribution in [2.45, 2.75) is 57.5 Å². The van der Waals surface area contributed by atoms with Gasteiger partial charge in [0.2, 0.25) is 0 Å². The first-order valence-corrected chi connectivity index (χ1v) is 13.8. The molecule has 39 heavy (non-hydrogen) atoms. The van der Waals surface area contributed by atoms with Crippen LogP contribution in [0.1, 0.15) is 60.5 Å². The van der Waals surface area contributed by atoms with Crippen molar-refractivity contribution in [3.63, 3.8) is 0 Å². The summed E-state index contributed by atoms with van der Waals surface area (Å²) in [4.78, 5) is 16.5. The summed E-state index contributed by atoms with van der Waals surface area (Å²) in [5.74, 6) is 0.777. The molecule has 0 bridgehead atoms. The maximum atomic E-state index is 14.4. The molecule has 3 aliphatic heterocycles. The second kappa shape index (κ2) is 10.6. The molecule has 11 heteroatoms. The number of aromatic nitrogens is 4. The average Bonchev–Trinajstić information content (AvgIpc) is 3.44. The first-order valence-electron chi connectivity index (χ1n) is 13.8. The fraction of sp³-hybridized carbons (Fsp3) is 0.536. The van der Waals surface area contributed by atoms with Crippen LogP contribution in [0.15, 0.2) is 24.5 Å². The van der Waals surface area contributed by atoms with E-state index in [2.05, 4.69) is 20.0 Å². The first kappa shape index (κ1) is 25.8. The van der Waals surface area contributed by atoms with Crippen molar-refractivity contribution in [2.24, 2.45) is 7.05 Å². The molecule has 0 spiro atoms. The predicted octanol–water partition coefficient (Wildman–Crippen LogP) is 4.74. The number of halogens is 2. The van der Waals surface area contributed by atoms with E-state index < -0.39 is 6.43 Å². The number of hydrogen-bond acceptors (Lipinski definition) is 5. The van der Waals surface area contributed by atoms with Crippen molar-refractivity contribution in [3.8, 4) is 11.1 Å². The Bertz CT molecular complexity index is 1360. The molecule has 1 aromatic carbocycles. The third-order valence-electron chi connectivity index (χ3n) is 8.21. The SMILES string of the molecule is CNC(=O)N1CCc2c(c(N3CCCc4cc(-c5cnn(C)c5)c(C(F)F)cc43)nn2C2CCCOCC2)C1. The van der Waals surface area contributed by atoms with Crippen LogP contribution in [0.5, 0.6) is 0 Å². The van der Waals surface area contributed by atoms with Gasteiger partial charge in [0.05, 0.1) is 18.8 Å². The summed E-state index contributed by atoms with van der Waals surface area (Å²) < 4.78 is 38.4. The second-order valence-corrected chi connectivity index (χ2v) is 10.6. The Balaban J connectivity index is 1.46. The molecule has 3 aliphatic rings. The highest BCUT2D eigenvalue weighted by atomic mass is 19.3. The summed E-state index contributed by atoms with van der Waals surface area (Å²) in [5, 5.41) is 12.1. The number of benzene rings is 1. The molecule has 9 nitrogen and oxygen atoms in total. The van der Waals surface area contributed by atoms with Gasteiger partial charge in [-0.25, -0.2) is 13.6 Å². The number of ether oxygens (including phenoxy) is 1. The topological polar surface area (TPSA) is 80.5 Å².